The Kier molecular flexibility index (Phi) is 2.26. The average molecular weight is 210 g/mol. The third-order valence-electron chi connectivity index (χ3n) is 2.89. The van der Waals surface area contributed by atoms with Crippen molar-refractivity contribution in [2.24, 2.45) is 0 Å². The molecule has 1 saturated carbocycles. The molecule has 1 heterocycles. The van der Waals surface area contributed by atoms with Gasteiger partial charge in [0.2, 0.25) is 0 Å². The van der Waals surface area contributed by atoms with Gasteiger partial charge in [-0.1, -0.05) is 12.8 Å². The predicted octanol–water partition coefficient (Wildman–Crippen LogP) is -0.184. The maximum atomic E-state index is 11.7. The number of nitrogens with two attached hydrogens (primary N) is 2. The molecule has 1 aromatic rings. The SMILES string of the molecule is Nc1[nH]c(=O)n(C2CCCC2)c(=O)c1N. The molecule has 0 amide bonds. The van der Waals surface area contributed by atoms with Crippen molar-refractivity contribution in [1.82, 2.24) is 9.55 Å². The lowest BCUT2D eigenvalue weighted by atomic mass is 10.2. The summed E-state index contributed by atoms with van der Waals surface area (Å²) in [6, 6.07) is -0.0239. The lowest BCUT2D eigenvalue weighted by Gasteiger charge is -2.12. The number of anilines is 2. The van der Waals surface area contributed by atoms with Gasteiger partial charge in [0.1, 0.15) is 11.5 Å². The van der Waals surface area contributed by atoms with Crippen LogP contribution in [0.1, 0.15) is 31.7 Å². The summed E-state index contributed by atoms with van der Waals surface area (Å²) in [7, 11) is 0. The first-order chi connectivity index (χ1) is 7.11. The molecule has 0 atom stereocenters. The van der Waals surface area contributed by atoms with Crippen molar-refractivity contribution in [2.45, 2.75) is 31.7 Å². The van der Waals surface area contributed by atoms with Gasteiger partial charge in [-0.2, -0.15) is 0 Å². The summed E-state index contributed by atoms with van der Waals surface area (Å²) in [6.45, 7) is 0. The molecule has 0 aliphatic heterocycles. The Balaban J connectivity index is 2.60. The Morgan fingerprint density at radius 1 is 1.20 bits per heavy atom. The van der Waals surface area contributed by atoms with Crippen LogP contribution in [0, 0.1) is 0 Å². The number of aromatic amines is 1. The predicted molar refractivity (Wildman–Crippen MR) is 57.7 cm³/mol. The van der Waals surface area contributed by atoms with Gasteiger partial charge in [0.05, 0.1) is 0 Å². The molecule has 1 aromatic heterocycles. The van der Waals surface area contributed by atoms with Gasteiger partial charge in [0, 0.05) is 6.04 Å². The molecule has 6 heteroatoms. The minimum atomic E-state index is -0.469. The molecule has 82 valence electrons. The summed E-state index contributed by atoms with van der Waals surface area (Å²) in [5.74, 6) is -0.0424. The number of H-pyrrole nitrogens is 1. The molecule has 0 aromatic carbocycles. The second-order valence-electron chi connectivity index (χ2n) is 3.87. The van der Waals surface area contributed by atoms with Crippen molar-refractivity contribution in [1.29, 1.82) is 0 Å². The van der Waals surface area contributed by atoms with Gasteiger partial charge >= 0.3 is 5.69 Å². The molecule has 0 bridgehead atoms. The van der Waals surface area contributed by atoms with Crippen molar-refractivity contribution in [3.63, 3.8) is 0 Å². The Hall–Kier alpha value is -1.72. The summed E-state index contributed by atoms with van der Waals surface area (Å²) >= 11 is 0. The van der Waals surface area contributed by atoms with E-state index in [1.54, 1.807) is 0 Å². The number of hydrogen-bond donors (Lipinski definition) is 3. The van der Waals surface area contributed by atoms with Crippen LogP contribution < -0.4 is 22.7 Å². The van der Waals surface area contributed by atoms with Gasteiger partial charge in [-0.15, -0.1) is 0 Å². The highest BCUT2D eigenvalue weighted by Crippen LogP contribution is 2.27. The van der Waals surface area contributed by atoms with Crippen LogP contribution in [0.4, 0.5) is 11.5 Å². The quantitative estimate of drug-likeness (QED) is 0.597. The second kappa shape index (κ2) is 3.45. The molecule has 0 spiro atoms. The number of rotatable bonds is 1. The third kappa shape index (κ3) is 1.51. The van der Waals surface area contributed by atoms with Gasteiger partial charge < -0.3 is 11.5 Å². The molecule has 15 heavy (non-hydrogen) atoms. The van der Waals surface area contributed by atoms with E-state index in [1.807, 2.05) is 0 Å². The van der Waals surface area contributed by atoms with Crippen molar-refractivity contribution in [3.05, 3.63) is 20.8 Å². The van der Waals surface area contributed by atoms with E-state index in [4.69, 9.17) is 11.5 Å². The van der Waals surface area contributed by atoms with E-state index in [2.05, 4.69) is 4.98 Å². The summed E-state index contributed by atoms with van der Waals surface area (Å²) in [4.78, 5) is 25.7. The van der Waals surface area contributed by atoms with Crippen LogP contribution in [-0.4, -0.2) is 9.55 Å². The molecule has 2 rings (SSSR count). The third-order valence-corrected chi connectivity index (χ3v) is 2.89. The smallest absolute Gasteiger partial charge is 0.330 e. The Bertz CT molecular complexity index is 482. The van der Waals surface area contributed by atoms with Gasteiger partial charge in [0.15, 0.2) is 0 Å². The van der Waals surface area contributed by atoms with E-state index in [9.17, 15) is 9.59 Å². The first-order valence-corrected chi connectivity index (χ1v) is 5.01. The highest BCUT2D eigenvalue weighted by Gasteiger charge is 2.21. The maximum absolute atomic E-state index is 11.7. The number of nitrogens with zero attached hydrogens (tertiary/aromatic N) is 1. The summed E-state index contributed by atoms with van der Waals surface area (Å²) in [5, 5.41) is 0. The second-order valence-corrected chi connectivity index (χ2v) is 3.87. The number of hydrogen-bond acceptors (Lipinski definition) is 4. The van der Waals surface area contributed by atoms with E-state index in [0.29, 0.717) is 0 Å². The van der Waals surface area contributed by atoms with Gasteiger partial charge in [-0.25, -0.2) is 4.79 Å². The van der Waals surface area contributed by atoms with E-state index < -0.39 is 11.2 Å². The number of aromatic nitrogens is 2. The molecule has 0 saturated heterocycles. The summed E-state index contributed by atoms with van der Waals surface area (Å²) in [5.41, 5.74) is 9.89. The fourth-order valence-corrected chi connectivity index (χ4v) is 2.07. The first kappa shape index (κ1) is 9.82. The Morgan fingerprint density at radius 3 is 2.40 bits per heavy atom. The molecule has 6 nitrogen and oxygen atoms in total. The fraction of sp³-hybridized carbons (Fsp3) is 0.556. The summed E-state index contributed by atoms with van der Waals surface area (Å²) in [6.07, 6.45) is 3.79. The normalized spacial score (nSPS) is 17.1. The van der Waals surface area contributed by atoms with Crippen molar-refractivity contribution in [2.75, 3.05) is 11.5 Å². The van der Waals surface area contributed by atoms with Crippen molar-refractivity contribution < 1.29 is 0 Å². The van der Waals surface area contributed by atoms with Crippen molar-refractivity contribution in [3.8, 4) is 0 Å². The lowest BCUT2D eigenvalue weighted by Crippen LogP contribution is -2.39. The van der Waals surface area contributed by atoms with Gasteiger partial charge in [-0.05, 0) is 12.8 Å². The van der Waals surface area contributed by atoms with Crippen LogP contribution in [0.3, 0.4) is 0 Å². The van der Waals surface area contributed by atoms with Crippen LogP contribution >= 0.6 is 0 Å². The molecule has 1 aliphatic carbocycles. The average Bonchev–Trinajstić information content (AvgIpc) is 2.68. The van der Waals surface area contributed by atoms with E-state index in [-0.39, 0.29) is 17.5 Å². The molecular weight excluding hydrogens is 196 g/mol. The maximum Gasteiger partial charge on any atom is 0.330 e. The minimum Gasteiger partial charge on any atom is -0.391 e. The number of nitrogens with one attached hydrogen (secondary N) is 1. The van der Waals surface area contributed by atoms with E-state index >= 15 is 0 Å². The van der Waals surface area contributed by atoms with E-state index in [1.165, 1.54) is 4.57 Å². The molecule has 0 radical (unpaired) electrons. The highest BCUT2D eigenvalue weighted by atomic mass is 16.2. The van der Waals surface area contributed by atoms with Crippen LogP contribution in [0.25, 0.3) is 0 Å². The standard InChI is InChI=1S/C9H14N4O2/c10-6-7(11)12-9(15)13(8(6)14)5-3-1-2-4-5/h5H,1-4,10-11H2,(H,12,15). The largest absolute Gasteiger partial charge is 0.391 e. The fourth-order valence-electron chi connectivity index (χ4n) is 2.07. The summed E-state index contributed by atoms with van der Waals surface area (Å²) < 4.78 is 1.19. The molecule has 1 fully saturated rings. The topological polar surface area (TPSA) is 107 Å². The van der Waals surface area contributed by atoms with Crippen molar-refractivity contribution >= 4 is 11.5 Å². The van der Waals surface area contributed by atoms with Crippen LogP contribution in [0.2, 0.25) is 0 Å². The van der Waals surface area contributed by atoms with Gasteiger partial charge in [-0.3, -0.25) is 14.3 Å². The zero-order valence-electron chi connectivity index (χ0n) is 8.32. The van der Waals surface area contributed by atoms with Crippen LogP contribution in [0.15, 0.2) is 9.59 Å². The molecule has 1 aliphatic rings. The zero-order chi connectivity index (χ0) is 11.0. The molecule has 0 unspecified atom stereocenters. The first-order valence-electron chi connectivity index (χ1n) is 5.01. The van der Waals surface area contributed by atoms with Crippen LogP contribution in [0.5, 0.6) is 0 Å². The Morgan fingerprint density at radius 2 is 1.80 bits per heavy atom. The molecule has 5 N–H and O–H groups in total. The minimum absolute atomic E-state index is 0.0239. The lowest BCUT2D eigenvalue weighted by molar-refractivity contribution is 0.481. The Labute approximate surface area is 85.9 Å². The number of nitrogen functional groups attached to an aromatic ring is 2. The van der Waals surface area contributed by atoms with Gasteiger partial charge in [0.25, 0.3) is 5.56 Å². The monoisotopic (exact) mass is 210 g/mol. The molecular formula is C9H14N4O2. The zero-order valence-corrected chi connectivity index (χ0v) is 8.32. The van der Waals surface area contributed by atoms with E-state index in [0.717, 1.165) is 25.7 Å². The van der Waals surface area contributed by atoms with Crippen LogP contribution in [-0.2, 0) is 0 Å². The highest BCUT2D eigenvalue weighted by molar-refractivity contribution is 5.55.